The quantitative estimate of drug-likeness (QED) is 0.349. The number of aromatic amines is 1. The predicted molar refractivity (Wildman–Crippen MR) is 142 cm³/mol. The molecule has 1 aliphatic heterocycles. The van der Waals surface area contributed by atoms with Crippen molar-refractivity contribution in [2.75, 3.05) is 26.3 Å². The number of hydrogen-bond acceptors (Lipinski definition) is 4. The van der Waals surface area contributed by atoms with Gasteiger partial charge in [-0.15, -0.1) is 0 Å². The molecule has 4 aromatic rings. The molecule has 0 unspecified atom stereocenters. The SMILES string of the molecule is C=CC(=O)Cc1cc(-c2c(-c3cccc(C(=O)N4CCOCC4)c3)[nH]c3nccc(Cl)c23)ccc1C. The molecule has 0 radical (unpaired) electrons. The van der Waals surface area contributed by atoms with Crippen LogP contribution in [-0.2, 0) is 16.0 Å². The van der Waals surface area contributed by atoms with Crippen LogP contribution in [0.25, 0.3) is 33.4 Å². The maximum atomic E-state index is 13.2. The fourth-order valence-electron chi connectivity index (χ4n) is 4.62. The Balaban J connectivity index is 1.66. The number of hydrogen-bond donors (Lipinski definition) is 1. The number of fused-ring (bicyclic) bond motifs is 1. The first-order chi connectivity index (χ1) is 17.5. The Bertz CT molecular complexity index is 1480. The number of nitrogens with zero attached hydrogens (tertiary/aromatic N) is 2. The first kappa shape index (κ1) is 24.0. The van der Waals surface area contributed by atoms with Crippen LogP contribution in [0.4, 0.5) is 0 Å². The molecule has 0 atom stereocenters. The van der Waals surface area contributed by atoms with Crippen LogP contribution in [0.5, 0.6) is 0 Å². The number of ether oxygens (including phenoxy) is 1. The highest BCUT2D eigenvalue weighted by Crippen LogP contribution is 2.41. The van der Waals surface area contributed by atoms with Crippen molar-refractivity contribution in [3.63, 3.8) is 0 Å². The summed E-state index contributed by atoms with van der Waals surface area (Å²) in [4.78, 5) is 35.0. The third kappa shape index (κ3) is 4.57. The van der Waals surface area contributed by atoms with Crippen molar-refractivity contribution in [3.8, 4) is 22.4 Å². The molecule has 1 aliphatic rings. The maximum absolute atomic E-state index is 13.2. The molecular weight excluding hydrogens is 474 g/mol. The number of carbonyl (C=O) groups excluding carboxylic acids is 2. The van der Waals surface area contributed by atoms with Crippen molar-refractivity contribution in [1.29, 1.82) is 0 Å². The summed E-state index contributed by atoms with van der Waals surface area (Å²) >= 11 is 6.67. The van der Waals surface area contributed by atoms with Crippen LogP contribution in [-0.4, -0.2) is 52.9 Å². The number of nitrogens with one attached hydrogen (secondary N) is 1. The van der Waals surface area contributed by atoms with Crippen LogP contribution in [0.15, 0.2) is 67.4 Å². The second-order valence-corrected chi connectivity index (χ2v) is 9.27. The van der Waals surface area contributed by atoms with Crippen LogP contribution in [0, 0.1) is 6.92 Å². The van der Waals surface area contributed by atoms with Gasteiger partial charge in [-0.3, -0.25) is 9.59 Å². The Hall–Kier alpha value is -3.74. The maximum Gasteiger partial charge on any atom is 0.254 e. The smallest absolute Gasteiger partial charge is 0.254 e. The van der Waals surface area contributed by atoms with Gasteiger partial charge in [0.15, 0.2) is 5.78 Å². The fourth-order valence-corrected chi connectivity index (χ4v) is 4.86. The minimum absolute atomic E-state index is 0.0190. The topological polar surface area (TPSA) is 75.3 Å². The first-order valence-electron chi connectivity index (χ1n) is 11.8. The Morgan fingerprint density at radius 3 is 2.72 bits per heavy atom. The van der Waals surface area contributed by atoms with Gasteiger partial charge in [0.2, 0.25) is 0 Å². The summed E-state index contributed by atoms with van der Waals surface area (Å²) in [6.07, 6.45) is 3.29. The van der Waals surface area contributed by atoms with E-state index in [9.17, 15) is 9.59 Å². The van der Waals surface area contributed by atoms with E-state index < -0.39 is 0 Å². The number of H-pyrrole nitrogens is 1. The Labute approximate surface area is 214 Å². The first-order valence-corrected chi connectivity index (χ1v) is 12.2. The summed E-state index contributed by atoms with van der Waals surface area (Å²) in [5, 5.41) is 1.37. The van der Waals surface area contributed by atoms with E-state index in [0.717, 1.165) is 38.9 Å². The average Bonchev–Trinajstić information content (AvgIpc) is 3.31. The number of aromatic nitrogens is 2. The van der Waals surface area contributed by atoms with E-state index >= 15 is 0 Å². The van der Waals surface area contributed by atoms with Crippen molar-refractivity contribution < 1.29 is 14.3 Å². The van der Waals surface area contributed by atoms with Crippen molar-refractivity contribution in [2.45, 2.75) is 13.3 Å². The minimum atomic E-state index is -0.0385. The van der Waals surface area contributed by atoms with Crippen molar-refractivity contribution in [3.05, 3.63) is 89.1 Å². The van der Waals surface area contributed by atoms with Gasteiger partial charge in [-0.25, -0.2) is 4.98 Å². The molecule has 0 bridgehead atoms. The van der Waals surface area contributed by atoms with Gasteiger partial charge in [0.1, 0.15) is 5.65 Å². The lowest BCUT2D eigenvalue weighted by molar-refractivity contribution is -0.114. The summed E-state index contributed by atoms with van der Waals surface area (Å²) in [6, 6.07) is 15.4. The summed E-state index contributed by atoms with van der Waals surface area (Å²) in [5.41, 5.74) is 6.67. The molecule has 2 aromatic carbocycles. The highest BCUT2D eigenvalue weighted by molar-refractivity contribution is 6.36. The Morgan fingerprint density at radius 1 is 1.14 bits per heavy atom. The molecule has 182 valence electrons. The zero-order valence-corrected chi connectivity index (χ0v) is 20.8. The lowest BCUT2D eigenvalue weighted by Crippen LogP contribution is -2.40. The van der Waals surface area contributed by atoms with E-state index in [1.54, 1.807) is 12.3 Å². The minimum Gasteiger partial charge on any atom is -0.378 e. The van der Waals surface area contributed by atoms with Crippen molar-refractivity contribution >= 4 is 34.3 Å². The molecule has 36 heavy (non-hydrogen) atoms. The Kier molecular flexibility index (Phi) is 6.72. The normalized spacial score (nSPS) is 13.7. The molecular formula is C29H26ClN3O3. The molecule has 0 aliphatic carbocycles. The lowest BCUT2D eigenvalue weighted by Gasteiger charge is -2.27. The van der Waals surface area contributed by atoms with Gasteiger partial charge in [-0.1, -0.05) is 48.5 Å². The van der Waals surface area contributed by atoms with E-state index in [-0.39, 0.29) is 18.1 Å². The van der Waals surface area contributed by atoms with Crippen molar-refractivity contribution in [2.24, 2.45) is 0 Å². The number of benzene rings is 2. The number of morpholine rings is 1. The van der Waals surface area contributed by atoms with Crippen LogP contribution in [0.1, 0.15) is 21.5 Å². The number of amides is 1. The van der Waals surface area contributed by atoms with Gasteiger partial charge in [0.25, 0.3) is 5.91 Å². The third-order valence-corrected chi connectivity index (χ3v) is 6.89. The summed E-state index contributed by atoms with van der Waals surface area (Å²) in [7, 11) is 0. The zero-order chi connectivity index (χ0) is 25.2. The van der Waals surface area contributed by atoms with Crippen molar-refractivity contribution in [1.82, 2.24) is 14.9 Å². The fraction of sp³-hybridized carbons (Fsp3) is 0.207. The summed E-state index contributed by atoms with van der Waals surface area (Å²) < 4.78 is 5.39. The van der Waals surface area contributed by atoms with Crippen LogP contribution in [0.3, 0.4) is 0 Å². The molecule has 7 heteroatoms. The number of allylic oxidation sites excluding steroid dienone is 1. The van der Waals surface area contributed by atoms with E-state index in [1.165, 1.54) is 6.08 Å². The molecule has 0 saturated carbocycles. The van der Waals surface area contributed by atoms with Gasteiger partial charge in [-0.2, -0.15) is 0 Å². The average molecular weight is 500 g/mol. The Morgan fingerprint density at radius 2 is 1.94 bits per heavy atom. The number of ketones is 1. The second-order valence-electron chi connectivity index (χ2n) is 8.87. The molecule has 1 amide bonds. The van der Waals surface area contributed by atoms with Crippen LogP contribution in [0.2, 0.25) is 5.02 Å². The molecule has 1 N–H and O–H groups in total. The monoisotopic (exact) mass is 499 g/mol. The predicted octanol–water partition coefficient (Wildman–Crippen LogP) is 5.63. The lowest BCUT2D eigenvalue weighted by atomic mass is 9.93. The number of rotatable bonds is 6. The van der Waals surface area contributed by atoms with E-state index in [0.29, 0.717) is 42.5 Å². The summed E-state index contributed by atoms with van der Waals surface area (Å²) in [5.74, 6) is -0.0575. The molecule has 1 fully saturated rings. The zero-order valence-electron chi connectivity index (χ0n) is 20.0. The molecule has 5 rings (SSSR count). The number of pyridine rings is 1. The van der Waals surface area contributed by atoms with Gasteiger partial charge in [-0.05, 0) is 53.5 Å². The summed E-state index contributed by atoms with van der Waals surface area (Å²) in [6.45, 7) is 7.84. The van der Waals surface area contributed by atoms with E-state index in [4.69, 9.17) is 16.3 Å². The van der Waals surface area contributed by atoms with Gasteiger partial charge < -0.3 is 14.6 Å². The largest absolute Gasteiger partial charge is 0.378 e. The van der Waals surface area contributed by atoms with Gasteiger partial charge in [0.05, 0.1) is 23.9 Å². The number of carbonyl (C=O) groups is 2. The number of halogens is 1. The third-order valence-electron chi connectivity index (χ3n) is 6.57. The standard InChI is InChI=1S/C29H26ClN3O3/c1-3-23(34)17-22-15-19(8-7-18(22)2)25-26-24(30)9-10-31-28(26)32-27(25)20-5-4-6-21(16-20)29(35)33-11-13-36-14-12-33/h3-10,15-16H,1,11-14,17H2,2H3,(H,31,32). The molecule has 2 aromatic heterocycles. The molecule has 0 spiro atoms. The van der Waals surface area contributed by atoms with Gasteiger partial charge >= 0.3 is 0 Å². The number of aryl methyl sites for hydroxylation is 1. The van der Waals surface area contributed by atoms with E-state index in [2.05, 4.69) is 16.5 Å². The van der Waals surface area contributed by atoms with Crippen LogP contribution < -0.4 is 0 Å². The molecule has 3 heterocycles. The van der Waals surface area contributed by atoms with Gasteiger partial charge in [0, 0.05) is 42.2 Å². The highest BCUT2D eigenvalue weighted by atomic mass is 35.5. The molecule has 6 nitrogen and oxygen atoms in total. The van der Waals surface area contributed by atoms with E-state index in [1.807, 2.05) is 54.3 Å². The second kappa shape index (κ2) is 10.1. The van der Waals surface area contributed by atoms with Crippen LogP contribution >= 0.6 is 11.6 Å². The highest BCUT2D eigenvalue weighted by Gasteiger charge is 2.22. The molecule has 1 saturated heterocycles.